The Morgan fingerprint density at radius 2 is 2.12 bits per heavy atom. The number of nitrogens with zero attached hydrogens (tertiary/aromatic N) is 2. The molecule has 1 amide bonds. The zero-order valence-corrected chi connectivity index (χ0v) is 14.7. The molecule has 0 aliphatic carbocycles. The van der Waals surface area contributed by atoms with Crippen LogP contribution in [-0.2, 0) is 4.79 Å². The minimum Gasteiger partial charge on any atom is -0.347 e. The molecule has 0 unspecified atom stereocenters. The molecule has 0 bridgehead atoms. The molecule has 0 spiro atoms. The molecule has 0 fully saturated rings. The average Bonchev–Trinajstić information content (AvgIpc) is 2.55. The summed E-state index contributed by atoms with van der Waals surface area (Å²) in [6.45, 7) is 3.14. The van der Waals surface area contributed by atoms with E-state index in [0.717, 1.165) is 0 Å². The molecule has 2 heterocycles. The summed E-state index contributed by atoms with van der Waals surface area (Å²) in [5.74, 6) is -0.257. The Balaban J connectivity index is 1.91. The number of nitrogens with one attached hydrogen (secondary N) is 3. The zero-order valence-electron chi connectivity index (χ0n) is 13.9. The molecular weight excluding hydrogens is 361 g/mol. The van der Waals surface area contributed by atoms with Gasteiger partial charge in [0, 0.05) is 24.1 Å². The van der Waals surface area contributed by atoms with Crippen molar-refractivity contribution in [1.82, 2.24) is 15.0 Å². The van der Waals surface area contributed by atoms with Crippen LogP contribution in [0.15, 0.2) is 35.3 Å². The molecule has 3 rings (SSSR count). The molecule has 0 radical (unpaired) electrons. The van der Waals surface area contributed by atoms with E-state index in [0.29, 0.717) is 22.3 Å². The number of rotatable bonds is 4. The van der Waals surface area contributed by atoms with Crippen LogP contribution in [0.1, 0.15) is 25.5 Å². The van der Waals surface area contributed by atoms with Crippen LogP contribution in [0.4, 0.5) is 16.2 Å². The molecule has 3 aromatic rings. The van der Waals surface area contributed by atoms with Crippen molar-refractivity contribution in [3.63, 3.8) is 0 Å². The van der Waals surface area contributed by atoms with Crippen LogP contribution in [0.2, 0.25) is 5.02 Å². The van der Waals surface area contributed by atoms with E-state index in [1.165, 1.54) is 25.3 Å². The summed E-state index contributed by atoms with van der Waals surface area (Å²) < 4.78 is 13.5. The van der Waals surface area contributed by atoms with Gasteiger partial charge in [-0.3, -0.25) is 9.59 Å². The lowest BCUT2D eigenvalue weighted by Gasteiger charge is -2.14. The summed E-state index contributed by atoms with van der Waals surface area (Å²) in [5, 5.41) is 6.14. The van der Waals surface area contributed by atoms with Crippen LogP contribution in [0.25, 0.3) is 10.9 Å². The van der Waals surface area contributed by atoms with Gasteiger partial charge in [-0.05, 0) is 31.2 Å². The summed E-state index contributed by atoms with van der Waals surface area (Å²) in [6.07, 6.45) is 1.49. The molecule has 7 nitrogen and oxygen atoms in total. The van der Waals surface area contributed by atoms with Crippen LogP contribution in [0.5, 0.6) is 0 Å². The Morgan fingerprint density at radius 3 is 2.85 bits per heavy atom. The van der Waals surface area contributed by atoms with Crippen molar-refractivity contribution in [2.75, 3.05) is 10.6 Å². The molecule has 3 N–H and O–H groups in total. The lowest BCUT2D eigenvalue weighted by atomic mass is 10.1. The fourth-order valence-electron chi connectivity index (χ4n) is 2.49. The van der Waals surface area contributed by atoms with Gasteiger partial charge in [-0.2, -0.15) is 4.98 Å². The number of hydrogen-bond acceptors (Lipinski definition) is 5. The van der Waals surface area contributed by atoms with Crippen LogP contribution in [0, 0.1) is 5.82 Å². The molecule has 0 saturated carbocycles. The van der Waals surface area contributed by atoms with Gasteiger partial charge in [-0.15, -0.1) is 0 Å². The Kier molecular flexibility index (Phi) is 4.85. The monoisotopic (exact) mass is 375 g/mol. The predicted octanol–water partition coefficient (Wildman–Crippen LogP) is 3.24. The van der Waals surface area contributed by atoms with E-state index in [9.17, 15) is 14.0 Å². The van der Waals surface area contributed by atoms with Gasteiger partial charge < -0.3 is 15.6 Å². The van der Waals surface area contributed by atoms with Gasteiger partial charge in [0.15, 0.2) is 0 Å². The number of pyridine rings is 1. The number of aromatic amines is 1. The van der Waals surface area contributed by atoms with Crippen molar-refractivity contribution < 1.29 is 9.18 Å². The molecule has 1 atom stereocenters. The molecule has 9 heteroatoms. The number of hydrogen-bond donors (Lipinski definition) is 3. The molecule has 0 aliphatic rings. The van der Waals surface area contributed by atoms with Crippen molar-refractivity contribution in [2.45, 2.75) is 19.9 Å². The van der Waals surface area contributed by atoms with Crippen molar-refractivity contribution >= 4 is 40.2 Å². The molecule has 134 valence electrons. The number of halogens is 2. The highest BCUT2D eigenvalue weighted by Gasteiger charge is 2.14. The first-order valence-corrected chi connectivity index (χ1v) is 8.10. The third-order valence-corrected chi connectivity index (χ3v) is 3.98. The second-order valence-corrected chi connectivity index (χ2v) is 6.13. The van der Waals surface area contributed by atoms with E-state index < -0.39 is 11.9 Å². The third kappa shape index (κ3) is 3.80. The maximum Gasteiger partial charge on any atom is 0.253 e. The number of carbonyl (C=O) groups excluding carboxylic acids is 1. The molecule has 0 aliphatic heterocycles. The lowest BCUT2D eigenvalue weighted by molar-refractivity contribution is -0.114. The summed E-state index contributed by atoms with van der Waals surface area (Å²) >= 11 is 5.81. The number of benzene rings is 1. The normalized spacial score (nSPS) is 12.0. The fourth-order valence-corrected chi connectivity index (χ4v) is 2.66. The van der Waals surface area contributed by atoms with Gasteiger partial charge in [0.05, 0.1) is 16.6 Å². The first-order valence-electron chi connectivity index (χ1n) is 7.72. The smallest absolute Gasteiger partial charge is 0.253 e. The molecule has 26 heavy (non-hydrogen) atoms. The van der Waals surface area contributed by atoms with Crippen molar-refractivity contribution in [1.29, 1.82) is 0 Å². The fraction of sp³-hybridized carbons (Fsp3) is 0.176. The number of H-pyrrole nitrogens is 1. The molecular formula is C17H15ClFN5O2. The molecule has 2 aromatic heterocycles. The van der Waals surface area contributed by atoms with E-state index in [-0.39, 0.29) is 22.4 Å². The SMILES string of the molecule is CC(=O)Nc1ccnc(N[C@@H](C)c2cc3cc(Cl)c(F)cc3[nH]c2=O)n1. The quantitative estimate of drug-likeness (QED) is 0.650. The summed E-state index contributed by atoms with van der Waals surface area (Å²) in [4.78, 5) is 34.3. The zero-order chi connectivity index (χ0) is 18.8. The summed E-state index contributed by atoms with van der Waals surface area (Å²) in [6, 6.07) is 5.37. The van der Waals surface area contributed by atoms with Crippen LogP contribution in [0.3, 0.4) is 0 Å². The van der Waals surface area contributed by atoms with Crippen LogP contribution < -0.4 is 16.2 Å². The Bertz CT molecular complexity index is 1050. The van der Waals surface area contributed by atoms with Gasteiger partial charge in [-0.25, -0.2) is 9.37 Å². The maximum atomic E-state index is 13.5. The van der Waals surface area contributed by atoms with Gasteiger partial charge in [0.25, 0.3) is 5.56 Å². The highest BCUT2D eigenvalue weighted by atomic mass is 35.5. The second kappa shape index (κ2) is 7.09. The molecule has 0 saturated heterocycles. The van der Waals surface area contributed by atoms with E-state index in [4.69, 9.17) is 11.6 Å². The van der Waals surface area contributed by atoms with Crippen molar-refractivity contribution in [2.24, 2.45) is 0 Å². The number of fused-ring (bicyclic) bond motifs is 1. The Labute approximate surface area is 152 Å². The highest BCUT2D eigenvalue weighted by molar-refractivity contribution is 6.31. The largest absolute Gasteiger partial charge is 0.347 e. The first kappa shape index (κ1) is 17.8. The highest BCUT2D eigenvalue weighted by Crippen LogP contribution is 2.23. The minimum absolute atomic E-state index is 0.0255. The summed E-state index contributed by atoms with van der Waals surface area (Å²) in [5.41, 5.74) is 0.405. The van der Waals surface area contributed by atoms with Gasteiger partial charge >= 0.3 is 0 Å². The number of aromatic nitrogens is 3. The van der Waals surface area contributed by atoms with Crippen LogP contribution >= 0.6 is 11.6 Å². The van der Waals surface area contributed by atoms with Gasteiger partial charge in [0.2, 0.25) is 11.9 Å². The number of amides is 1. The lowest BCUT2D eigenvalue weighted by Crippen LogP contribution is -2.20. The average molecular weight is 376 g/mol. The summed E-state index contributed by atoms with van der Waals surface area (Å²) in [7, 11) is 0. The predicted molar refractivity (Wildman–Crippen MR) is 97.9 cm³/mol. The second-order valence-electron chi connectivity index (χ2n) is 5.72. The third-order valence-electron chi connectivity index (χ3n) is 3.69. The van der Waals surface area contributed by atoms with Crippen molar-refractivity contribution in [3.8, 4) is 0 Å². The van der Waals surface area contributed by atoms with Gasteiger partial charge in [-0.1, -0.05) is 11.6 Å². The molecule has 1 aromatic carbocycles. The standard InChI is InChI=1S/C17H15ClFN5O2/c1-8(21-17-20-4-3-15(24-17)22-9(2)25)11-5-10-6-12(18)13(19)7-14(10)23-16(11)26/h3-8H,1-2H3,(H,23,26)(H2,20,21,22,24,25)/t8-/m0/s1. The number of anilines is 2. The Morgan fingerprint density at radius 1 is 1.35 bits per heavy atom. The van der Waals surface area contributed by atoms with Gasteiger partial charge in [0.1, 0.15) is 11.6 Å². The first-order chi connectivity index (χ1) is 12.3. The van der Waals surface area contributed by atoms with E-state index in [2.05, 4.69) is 25.6 Å². The van der Waals surface area contributed by atoms with Crippen molar-refractivity contribution in [3.05, 3.63) is 57.2 Å². The van der Waals surface area contributed by atoms with E-state index in [1.54, 1.807) is 19.1 Å². The minimum atomic E-state index is -0.600. The maximum absolute atomic E-state index is 13.5. The van der Waals surface area contributed by atoms with Crippen LogP contribution in [-0.4, -0.2) is 20.9 Å². The van der Waals surface area contributed by atoms with E-state index >= 15 is 0 Å². The topological polar surface area (TPSA) is 99.8 Å². The van der Waals surface area contributed by atoms with E-state index in [1.807, 2.05) is 0 Å². The Hall–Kier alpha value is -3.00. The number of carbonyl (C=O) groups is 1.